The number of aliphatic hydroxyl groups excluding tert-OH is 1. The minimum atomic E-state index is -0.987. The van der Waals surface area contributed by atoms with Crippen molar-refractivity contribution in [3.05, 3.63) is 29.8 Å². The van der Waals surface area contributed by atoms with Gasteiger partial charge in [0.15, 0.2) is 0 Å². The predicted octanol–water partition coefficient (Wildman–Crippen LogP) is -0.282. The van der Waals surface area contributed by atoms with Crippen LogP contribution >= 0.6 is 0 Å². The first-order valence-electron chi connectivity index (χ1n) is 6.19. The molecule has 0 bridgehead atoms. The SMILES string of the molecule is NC(=O)CC1OCc2ccccc2N(OCCO)C1=O. The Labute approximate surface area is 115 Å². The molecule has 2 rings (SSSR count). The van der Waals surface area contributed by atoms with E-state index < -0.39 is 17.9 Å². The van der Waals surface area contributed by atoms with Gasteiger partial charge >= 0.3 is 0 Å². The number of nitrogens with two attached hydrogens (primary N) is 1. The van der Waals surface area contributed by atoms with Crippen LogP contribution in [0.25, 0.3) is 0 Å². The van der Waals surface area contributed by atoms with E-state index in [1.54, 1.807) is 18.2 Å². The second-order valence-corrected chi connectivity index (χ2v) is 4.29. The number of hydrogen-bond acceptors (Lipinski definition) is 5. The molecule has 3 N–H and O–H groups in total. The Balaban J connectivity index is 2.30. The zero-order valence-electron chi connectivity index (χ0n) is 10.8. The molecule has 108 valence electrons. The van der Waals surface area contributed by atoms with E-state index in [1.807, 2.05) is 6.07 Å². The summed E-state index contributed by atoms with van der Waals surface area (Å²) in [5.41, 5.74) is 6.41. The molecular weight excluding hydrogens is 264 g/mol. The molecule has 20 heavy (non-hydrogen) atoms. The van der Waals surface area contributed by atoms with E-state index in [2.05, 4.69) is 0 Å². The number of hydroxylamine groups is 1. The third-order valence-corrected chi connectivity index (χ3v) is 2.82. The number of carbonyl (C=O) groups excluding carboxylic acids is 2. The maximum atomic E-state index is 12.3. The maximum absolute atomic E-state index is 12.3. The van der Waals surface area contributed by atoms with Crippen molar-refractivity contribution >= 4 is 17.5 Å². The Morgan fingerprint density at radius 2 is 2.25 bits per heavy atom. The van der Waals surface area contributed by atoms with Crippen LogP contribution in [0.4, 0.5) is 5.69 Å². The molecule has 1 aromatic rings. The van der Waals surface area contributed by atoms with E-state index in [4.69, 9.17) is 20.4 Å². The Morgan fingerprint density at radius 3 is 2.95 bits per heavy atom. The molecule has 0 spiro atoms. The number of nitrogens with zero attached hydrogens (tertiary/aromatic N) is 1. The smallest absolute Gasteiger partial charge is 0.280 e. The van der Waals surface area contributed by atoms with Gasteiger partial charge in [0.05, 0.1) is 31.9 Å². The van der Waals surface area contributed by atoms with Crippen molar-refractivity contribution in [3.63, 3.8) is 0 Å². The van der Waals surface area contributed by atoms with E-state index in [0.29, 0.717) is 5.69 Å². The fourth-order valence-corrected chi connectivity index (χ4v) is 1.94. The molecule has 0 aromatic heterocycles. The van der Waals surface area contributed by atoms with Crippen LogP contribution in [0, 0.1) is 0 Å². The second kappa shape index (κ2) is 6.47. The number of carbonyl (C=O) groups is 2. The summed E-state index contributed by atoms with van der Waals surface area (Å²) < 4.78 is 5.43. The lowest BCUT2D eigenvalue weighted by molar-refractivity contribution is -0.141. The summed E-state index contributed by atoms with van der Waals surface area (Å²) in [5.74, 6) is -1.14. The number of rotatable bonds is 5. The van der Waals surface area contributed by atoms with Gasteiger partial charge in [-0.25, -0.2) is 0 Å². The van der Waals surface area contributed by atoms with E-state index in [1.165, 1.54) is 0 Å². The average Bonchev–Trinajstić information content (AvgIpc) is 2.55. The molecule has 0 saturated heterocycles. The van der Waals surface area contributed by atoms with Crippen LogP contribution in [0.1, 0.15) is 12.0 Å². The Bertz CT molecular complexity index is 505. The summed E-state index contributed by atoms with van der Waals surface area (Å²) in [6.45, 7) is -0.0878. The zero-order chi connectivity index (χ0) is 14.5. The highest BCUT2D eigenvalue weighted by Gasteiger charge is 2.33. The number of hydrogen-bond donors (Lipinski definition) is 2. The highest BCUT2D eigenvalue weighted by molar-refractivity contribution is 5.98. The topological polar surface area (TPSA) is 102 Å². The van der Waals surface area contributed by atoms with Crippen LogP contribution in [-0.4, -0.2) is 36.2 Å². The van der Waals surface area contributed by atoms with E-state index in [0.717, 1.165) is 10.6 Å². The van der Waals surface area contributed by atoms with Crippen LogP contribution < -0.4 is 10.8 Å². The predicted molar refractivity (Wildman–Crippen MR) is 69.4 cm³/mol. The van der Waals surface area contributed by atoms with Gasteiger partial charge in [-0.2, -0.15) is 5.06 Å². The monoisotopic (exact) mass is 280 g/mol. The molecule has 1 atom stereocenters. The molecule has 0 fully saturated rings. The summed E-state index contributed by atoms with van der Waals surface area (Å²) in [6.07, 6.45) is -1.20. The minimum absolute atomic E-state index is 0.0383. The second-order valence-electron chi connectivity index (χ2n) is 4.29. The van der Waals surface area contributed by atoms with Crippen molar-refractivity contribution in [2.45, 2.75) is 19.1 Å². The van der Waals surface area contributed by atoms with E-state index in [9.17, 15) is 9.59 Å². The van der Waals surface area contributed by atoms with E-state index >= 15 is 0 Å². The Kier molecular flexibility index (Phi) is 4.67. The zero-order valence-corrected chi connectivity index (χ0v) is 10.8. The summed E-state index contributed by atoms with van der Waals surface area (Å²) in [6, 6.07) is 7.08. The van der Waals surface area contributed by atoms with Gasteiger partial charge in [0.2, 0.25) is 5.91 Å². The van der Waals surface area contributed by atoms with Crippen molar-refractivity contribution in [2.75, 3.05) is 18.3 Å². The lowest BCUT2D eigenvalue weighted by Gasteiger charge is -2.23. The molecule has 0 radical (unpaired) electrons. The van der Waals surface area contributed by atoms with Crippen molar-refractivity contribution in [1.29, 1.82) is 0 Å². The van der Waals surface area contributed by atoms with Crippen LogP contribution in [-0.2, 0) is 25.8 Å². The summed E-state index contributed by atoms with van der Waals surface area (Å²) in [5, 5.41) is 9.91. The molecule has 1 aliphatic rings. The Morgan fingerprint density at radius 1 is 1.50 bits per heavy atom. The molecule has 1 unspecified atom stereocenters. The standard InChI is InChI=1S/C13H16N2O5/c14-12(17)7-11-13(18)15(20-6-5-16)10-4-2-1-3-9(10)8-19-11/h1-4,11,16H,5-8H2,(H2,14,17). The molecule has 0 saturated carbocycles. The number of ether oxygens (including phenoxy) is 1. The van der Waals surface area contributed by atoms with Crippen LogP contribution in [0.15, 0.2) is 24.3 Å². The first kappa shape index (κ1) is 14.4. The lowest BCUT2D eigenvalue weighted by Crippen LogP contribution is -2.41. The molecule has 1 heterocycles. The number of para-hydroxylation sites is 1. The largest absolute Gasteiger partial charge is 0.394 e. The highest BCUT2D eigenvalue weighted by atomic mass is 16.7. The van der Waals surface area contributed by atoms with Crippen LogP contribution in [0.5, 0.6) is 0 Å². The maximum Gasteiger partial charge on any atom is 0.280 e. The Hall–Kier alpha value is -1.96. The van der Waals surface area contributed by atoms with Gasteiger partial charge in [0.25, 0.3) is 5.91 Å². The van der Waals surface area contributed by atoms with Gasteiger partial charge in [0, 0.05) is 5.56 Å². The average molecular weight is 280 g/mol. The van der Waals surface area contributed by atoms with Crippen molar-refractivity contribution < 1.29 is 24.3 Å². The number of primary amides is 1. The molecular formula is C13H16N2O5. The number of fused-ring (bicyclic) bond motifs is 1. The van der Waals surface area contributed by atoms with Gasteiger partial charge < -0.3 is 15.6 Å². The summed E-state index contributed by atoms with van der Waals surface area (Å²) in [4.78, 5) is 28.6. The highest BCUT2D eigenvalue weighted by Crippen LogP contribution is 2.27. The van der Waals surface area contributed by atoms with Gasteiger partial charge in [0.1, 0.15) is 6.10 Å². The van der Waals surface area contributed by atoms with Crippen molar-refractivity contribution in [1.82, 2.24) is 0 Å². The van der Waals surface area contributed by atoms with Crippen molar-refractivity contribution in [3.8, 4) is 0 Å². The fourth-order valence-electron chi connectivity index (χ4n) is 1.94. The molecule has 2 amide bonds. The first-order valence-corrected chi connectivity index (χ1v) is 6.19. The van der Waals surface area contributed by atoms with E-state index in [-0.39, 0.29) is 26.2 Å². The molecule has 1 aliphatic heterocycles. The number of aliphatic hydroxyl groups is 1. The molecule has 7 nitrogen and oxygen atoms in total. The number of benzene rings is 1. The molecule has 7 heteroatoms. The summed E-state index contributed by atoms with van der Waals surface area (Å²) in [7, 11) is 0. The van der Waals surface area contributed by atoms with Crippen molar-refractivity contribution in [2.24, 2.45) is 5.73 Å². The third kappa shape index (κ3) is 3.13. The van der Waals surface area contributed by atoms with Gasteiger partial charge in [-0.1, -0.05) is 18.2 Å². The minimum Gasteiger partial charge on any atom is -0.394 e. The lowest BCUT2D eigenvalue weighted by atomic mass is 10.2. The van der Waals surface area contributed by atoms with Crippen LogP contribution in [0.2, 0.25) is 0 Å². The van der Waals surface area contributed by atoms with Gasteiger partial charge in [-0.05, 0) is 6.07 Å². The molecule has 0 aliphatic carbocycles. The van der Waals surface area contributed by atoms with Gasteiger partial charge in [-0.15, -0.1) is 0 Å². The van der Waals surface area contributed by atoms with Gasteiger partial charge in [-0.3, -0.25) is 14.4 Å². The summed E-state index contributed by atoms with van der Waals surface area (Å²) >= 11 is 0. The third-order valence-electron chi connectivity index (χ3n) is 2.82. The molecule has 1 aromatic carbocycles. The quantitative estimate of drug-likeness (QED) is 0.772. The number of amides is 2. The fraction of sp³-hybridized carbons (Fsp3) is 0.385. The number of anilines is 1. The normalized spacial score (nSPS) is 18.6. The van der Waals surface area contributed by atoms with Crippen LogP contribution in [0.3, 0.4) is 0 Å². The first-order chi connectivity index (χ1) is 9.63.